The number of hydrogen-bond acceptors (Lipinski definition) is 7. The number of nitrogens with one attached hydrogen (secondary N) is 2. The number of benzene rings is 3. The second kappa shape index (κ2) is 11.5. The second-order valence-electron chi connectivity index (χ2n) is 9.17. The van der Waals surface area contributed by atoms with Crippen molar-refractivity contribution in [1.82, 2.24) is 14.9 Å². The molecule has 0 saturated carbocycles. The van der Waals surface area contributed by atoms with Crippen LogP contribution in [0.15, 0.2) is 73.4 Å². The molecule has 0 radical (unpaired) electrons. The highest BCUT2D eigenvalue weighted by molar-refractivity contribution is 6.00. The lowest BCUT2D eigenvalue weighted by molar-refractivity contribution is -0.111. The van der Waals surface area contributed by atoms with Crippen LogP contribution >= 0.6 is 0 Å². The first-order valence-electron chi connectivity index (χ1n) is 12.6. The van der Waals surface area contributed by atoms with Crippen molar-refractivity contribution < 1.29 is 18.7 Å². The molecule has 0 bridgehead atoms. The number of nitrogens with zero attached hydrogens (tertiary/aromatic N) is 4. The van der Waals surface area contributed by atoms with Gasteiger partial charge in [-0.25, -0.2) is 18.7 Å². The van der Waals surface area contributed by atoms with Crippen LogP contribution in [0, 0.1) is 11.6 Å². The molecule has 1 aliphatic rings. The van der Waals surface area contributed by atoms with Crippen LogP contribution in [0.2, 0.25) is 0 Å². The van der Waals surface area contributed by atoms with Crippen LogP contribution in [0.5, 0.6) is 0 Å². The number of rotatable bonds is 8. The first-order chi connectivity index (χ1) is 18.9. The minimum absolute atomic E-state index is 0.120. The van der Waals surface area contributed by atoms with Crippen molar-refractivity contribution in [3.63, 3.8) is 0 Å². The summed E-state index contributed by atoms with van der Waals surface area (Å²) in [6.45, 7) is 7.30. The predicted octanol–water partition coefficient (Wildman–Crippen LogP) is 4.56. The first-order valence-corrected chi connectivity index (χ1v) is 12.6. The molecule has 0 spiro atoms. The molecule has 1 saturated heterocycles. The van der Waals surface area contributed by atoms with Gasteiger partial charge in [0.05, 0.1) is 17.8 Å². The highest BCUT2D eigenvalue weighted by Gasteiger charge is 2.19. The van der Waals surface area contributed by atoms with Crippen LogP contribution < -0.4 is 15.5 Å². The summed E-state index contributed by atoms with van der Waals surface area (Å²) in [7, 11) is 0. The Hall–Kier alpha value is -4.41. The highest BCUT2D eigenvalue weighted by Crippen LogP contribution is 2.33. The molecule has 3 N–H and O–H groups in total. The van der Waals surface area contributed by atoms with Crippen molar-refractivity contribution in [2.45, 2.75) is 0 Å². The maximum Gasteiger partial charge on any atom is 0.247 e. The lowest BCUT2D eigenvalue weighted by Gasteiger charge is -2.35. The summed E-state index contributed by atoms with van der Waals surface area (Å²) in [5, 5.41) is 15.3. The smallest absolute Gasteiger partial charge is 0.247 e. The van der Waals surface area contributed by atoms with Crippen molar-refractivity contribution >= 4 is 39.8 Å². The van der Waals surface area contributed by atoms with E-state index in [1.165, 1.54) is 12.1 Å². The van der Waals surface area contributed by atoms with Crippen LogP contribution in [0.4, 0.5) is 31.8 Å². The van der Waals surface area contributed by atoms with Gasteiger partial charge < -0.3 is 20.6 Å². The molecule has 39 heavy (non-hydrogen) atoms. The fourth-order valence-corrected chi connectivity index (χ4v) is 4.65. The summed E-state index contributed by atoms with van der Waals surface area (Å²) in [5.74, 6) is -1.21. The zero-order valence-corrected chi connectivity index (χ0v) is 21.2. The van der Waals surface area contributed by atoms with E-state index in [9.17, 15) is 4.79 Å². The molecule has 1 fully saturated rings. The summed E-state index contributed by atoms with van der Waals surface area (Å²) in [4.78, 5) is 24.8. The van der Waals surface area contributed by atoms with E-state index in [0.29, 0.717) is 28.7 Å². The molecule has 2 heterocycles. The van der Waals surface area contributed by atoms with Gasteiger partial charge in [0.15, 0.2) is 0 Å². The monoisotopic (exact) mass is 530 g/mol. The van der Waals surface area contributed by atoms with E-state index in [4.69, 9.17) is 5.11 Å². The van der Waals surface area contributed by atoms with Crippen LogP contribution in [-0.4, -0.2) is 65.2 Å². The normalized spacial score (nSPS) is 13.9. The first kappa shape index (κ1) is 26.2. The fourth-order valence-electron chi connectivity index (χ4n) is 4.65. The molecule has 1 amide bonds. The Bertz CT molecular complexity index is 1520. The molecule has 1 aromatic heterocycles. The van der Waals surface area contributed by atoms with Gasteiger partial charge in [-0.2, -0.15) is 0 Å². The van der Waals surface area contributed by atoms with E-state index in [0.717, 1.165) is 37.9 Å². The van der Waals surface area contributed by atoms with Gasteiger partial charge in [-0.1, -0.05) is 18.7 Å². The van der Waals surface area contributed by atoms with E-state index in [1.54, 1.807) is 42.6 Å². The Morgan fingerprint density at radius 2 is 1.87 bits per heavy atom. The summed E-state index contributed by atoms with van der Waals surface area (Å²) < 4.78 is 30.2. The number of β-amino-alcohol motifs (C(OH)–C–C–N with tert-alkyl or cyclic N) is 1. The zero-order chi connectivity index (χ0) is 27.4. The van der Waals surface area contributed by atoms with Gasteiger partial charge in [-0.05, 0) is 54.1 Å². The van der Waals surface area contributed by atoms with Crippen LogP contribution in [0.1, 0.15) is 0 Å². The zero-order valence-electron chi connectivity index (χ0n) is 21.2. The van der Waals surface area contributed by atoms with Crippen molar-refractivity contribution in [2.75, 3.05) is 54.9 Å². The number of fused-ring (bicyclic) bond motifs is 1. The molecule has 0 atom stereocenters. The van der Waals surface area contributed by atoms with E-state index in [1.807, 2.05) is 6.07 Å². The van der Waals surface area contributed by atoms with Crippen LogP contribution in [0.3, 0.4) is 0 Å². The van der Waals surface area contributed by atoms with Crippen molar-refractivity contribution in [2.24, 2.45) is 0 Å². The maximum atomic E-state index is 15.1. The number of aliphatic hydroxyl groups excluding tert-OH is 1. The standard InChI is InChI=1S/C29H28F2N6O2/c1-2-26(39)33-21-5-3-4-19(16-21)27-23(30)8-6-20-18-32-29(35-28(20)27)34-25-9-7-22(17-24(25)31)37-12-10-36(11-13-37)14-15-38/h2-9,16-18,38H,1,10-15H2,(H,33,39)(H,32,34,35). The number of aliphatic hydroxyl groups is 1. The molecule has 200 valence electrons. The molecule has 0 aliphatic carbocycles. The highest BCUT2D eigenvalue weighted by atomic mass is 19.1. The van der Waals surface area contributed by atoms with Crippen molar-refractivity contribution in [3.05, 3.63) is 85.1 Å². The van der Waals surface area contributed by atoms with Gasteiger partial charge in [0, 0.05) is 61.2 Å². The van der Waals surface area contributed by atoms with Gasteiger partial charge in [0.25, 0.3) is 0 Å². The number of halogens is 2. The third-order valence-electron chi connectivity index (χ3n) is 6.66. The molecule has 0 unspecified atom stereocenters. The largest absolute Gasteiger partial charge is 0.395 e. The fraction of sp³-hybridized carbons (Fsp3) is 0.207. The van der Waals surface area contributed by atoms with E-state index < -0.39 is 11.6 Å². The Balaban J connectivity index is 1.41. The second-order valence-corrected chi connectivity index (χ2v) is 9.17. The maximum absolute atomic E-state index is 15.1. The lowest BCUT2D eigenvalue weighted by Crippen LogP contribution is -2.47. The lowest BCUT2D eigenvalue weighted by atomic mass is 10.0. The molecule has 8 nitrogen and oxygen atoms in total. The molecule has 1 aliphatic heterocycles. The average molecular weight is 531 g/mol. The van der Waals surface area contributed by atoms with Crippen molar-refractivity contribution in [3.8, 4) is 11.1 Å². The number of amides is 1. The molecular formula is C29H28F2N6O2. The summed E-state index contributed by atoms with van der Waals surface area (Å²) in [6, 6.07) is 14.6. The molecule has 3 aromatic carbocycles. The third kappa shape index (κ3) is 5.87. The Kier molecular flexibility index (Phi) is 7.76. The number of anilines is 4. The topological polar surface area (TPSA) is 93.6 Å². The number of hydrogen-bond donors (Lipinski definition) is 3. The number of piperazine rings is 1. The number of aromatic nitrogens is 2. The minimum Gasteiger partial charge on any atom is -0.395 e. The SMILES string of the molecule is C=CC(=O)Nc1cccc(-c2c(F)ccc3cnc(Nc4ccc(N5CCN(CCO)CC5)cc4F)nc23)c1. The molecule has 10 heteroatoms. The van der Waals surface area contributed by atoms with Gasteiger partial charge >= 0.3 is 0 Å². The quantitative estimate of drug-likeness (QED) is 0.288. The van der Waals surface area contributed by atoms with E-state index >= 15 is 8.78 Å². The number of carbonyl (C=O) groups excluding carboxylic acids is 1. The molecule has 4 aromatic rings. The van der Waals surface area contributed by atoms with Gasteiger partial charge in [0.1, 0.15) is 11.6 Å². The minimum atomic E-state index is -0.492. The van der Waals surface area contributed by atoms with Gasteiger partial charge in [-0.15, -0.1) is 0 Å². The van der Waals surface area contributed by atoms with E-state index in [-0.39, 0.29) is 29.7 Å². The Morgan fingerprint density at radius 3 is 2.62 bits per heavy atom. The van der Waals surface area contributed by atoms with Crippen molar-refractivity contribution in [1.29, 1.82) is 0 Å². The van der Waals surface area contributed by atoms with Crippen LogP contribution in [-0.2, 0) is 4.79 Å². The Labute approximate surface area is 224 Å². The number of carbonyl (C=O) groups is 1. The summed E-state index contributed by atoms with van der Waals surface area (Å²) in [6.07, 6.45) is 2.70. The summed E-state index contributed by atoms with van der Waals surface area (Å²) in [5.41, 5.74) is 2.55. The van der Waals surface area contributed by atoms with Gasteiger partial charge in [-0.3, -0.25) is 9.69 Å². The molecule has 5 rings (SSSR count). The Morgan fingerprint density at radius 1 is 1.05 bits per heavy atom. The predicted molar refractivity (Wildman–Crippen MR) is 149 cm³/mol. The average Bonchev–Trinajstić information content (AvgIpc) is 2.94. The van der Waals surface area contributed by atoms with Crippen LogP contribution in [0.25, 0.3) is 22.0 Å². The third-order valence-corrected chi connectivity index (χ3v) is 6.66. The van der Waals surface area contributed by atoms with E-state index in [2.05, 4.69) is 37.0 Å². The summed E-state index contributed by atoms with van der Waals surface area (Å²) >= 11 is 0. The van der Waals surface area contributed by atoms with Gasteiger partial charge in [0.2, 0.25) is 11.9 Å². The molecular weight excluding hydrogens is 502 g/mol.